The van der Waals surface area contributed by atoms with Crippen molar-refractivity contribution in [2.45, 2.75) is 58.6 Å². The van der Waals surface area contributed by atoms with Gasteiger partial charge >= 0.3 is 0 Å². The minimum Gasteiger partial charge on any atom is -0.380 e. The van der Waals surface area contributed by atoms with Crippen molar-refractivity contribution >= 4 is 16.5 Å². The summed E-state index contributed by atoms with van der Waals surface area (Å²) < 4.78 is 5.47. The number of hydrogen-bond donors (Lipinski definition) is 1. The second-order valence-corrected chi connectivity index (χ2v) is 6.95. The van der Waals surface area contributed by atoms with Crippen molar-refractivity contribution in [3.05, 3.63) is 10.6 Å². The number of ether oxygens (including phenoxy) is 1. The van der Waals surface area contributed by atoms with Crippen LogP contribution in [0.1, 0.15) is 56.5 Å². The highest BCUT2D eigenvalue weighted by molar-refractivity contribution is 7.15. The molecule has 1 aliphatic heterocycles. The lowest BCUT2D eigenvalue weighted by molar-refractivity contribution is 0.121. The van der Waals surface area contributed by atoms with Crippen LogP contribution >= 0.6 is 11.3 Å². The molecule has 5 heteroatoms. The van der Waals surface area contributed by atoms with Crippen molar-refractivity contribution in [1.29, 1.82) is 0 Å². The Bertz CT molecular complexity index is 435. The third-order valence-corrected chi connectivity index (χ3v) is 5.39. The number of nitrogens with zero attached hydrogens (tertiary/aromatic N) is 2. The lowest BCUT2D eigenvalue weighted by atomic mass is 10.0. The average Bonchev–Trinajstić information content (AvgIpc) is 3.13. The van der Waals surface area contributed by atoms with Gasteiger partial charge < -0.3 is 15.0 Å². The minimum absolute atomic E-state index is 0.364. The van der Waals surface area contributed by atoms with Crippen LogP contribution in [-0.2, 0) is 11.3 Å². The highest BCUT2D eigenvalue weighted by Gasteiger charge is 2.26. The van der Waals surface area contributed by atoms with Crippen molar-refractivity contribution in [3.8, 4) is 0 Å². The first kappa shape index (κ1) is 16.7. The van der Waals surface area contributed by atoms with Gasteiger partial charge in [-0.05, 0) is 31.7 Å². The molecular formula is C16H29N3OS. The highest BCUT2D eigenvalue weighted by atomic mass is 32.1. The van der Waals surface area contributed by atoms with E-state index in [9.17, 15) is 0 Å². The standard InChI is InChI=1S/C16H29N3OS/c1-5-8-17-10-14-15(12(3)6-2)18-16(21-14)19-9-7-13(11-19)20-4/h12-13,17H,5-11H2,1-4H3. The van der Waals surface area contributed by atoms with E-state index in [1.807, 2.05) is 11.3 Å². The molecule has 120 valence electrons. The summed E-state index contributed by atoms with van der Waals surface area (Å²) in [6.07, 6.45) is 3.79. The predicted octanol–water partition coefficient (Wildman–Crippen LogP) is 3.38. The third-order valence-electron chi connectivity index (χ3n) is 4.26. The van der Waals surface area contributed by atoms with Crippen LogP contribution in [0.5, 0.6) is 0 Å². The molecule has 0 bridgehead atoms. The van der Waals surface area contributed by atoms with Crippen LogP contribution < -0.4 is 10.2 Å². The normalized spacial score (nSPS) is 20.2. The number of aromatic nitrogens is 1. The molecule has 0 radical (unpaired) electrons. The molecular weight excluding hydrogens is 282 g/mol. The Morgan fingerprint density at radius 3 is 2.90 bits per heavy atom. The Hall–Kier alpha value is -0.650. The smallest absolute Gasteiger partial charge is 0.185 e. The maximum Gasteiger partial charge on any atom is 0.185 e. The number of thiazole rings is 1. The van der Waals surface area contributed by atoms with Crippen molar-refractivity contribution in [2.24, 2.45) is 0 Å². The molecule has 0 amide bonds. The third kappa shape index (κ3) is 4.18. The van der Waals surface area contributed by atoms with Crippen molar-refractivity contribution in [2.75, 3.05) is 31.6 Å². The molecule has 4 nitrogen and oxygen atoms in total. The van der Waals surface area contributed by atoms with Crippen LogP contribution in [0.25, 0.3) is 0 Å². The molecule has 1 saturated heterocycles. The fourth-order valence-electron chi connectivity index (χ4n) is 2.66. The second kappa shape index (κ2) is 8.11. The molecule has 1 fully saturated rings. The van der Waals surface area contributed by atoms with Gasteiger partial charge in [-0.2, -0.15) is 0 Å². The average molecular weight is 311 g/mol. The maximum atomic E-state index is 5.47. The maximum absolute atomic E-state index is 5.47. The highest BCUT2D eigenvalue weighted by Crippen LogP contribution is 2.33. The van der Waals surface area contributed by atoms with E-state index in [1.165, 1.54) is 22.1 Å². The van der Waals surface area contributed by atoms with Crippen molar-refractivity contribution in [1.82, 2.24) is 10.3 Å². The largest absolute Gasteiger partial charge is 0.380 e. The van der Waals surface area contributed by atoms with Crippen molar-refractivity contribution in [3.63, 3.8) is 0 Å². The first-order valence-electron chi connectivity index (χ1n) is 8.17. The van der Waals surface area contributed by atoms with Gasteiger partial charge in [-0.25, -0.2) is 4.98 Å². The first-order valence-corrected chi connectivity index (χ1v) is 8.99. The van der Waals surface area contributed by atoms with Crippen LogP contribution in [0.2, 0.25) is 0 Å². The van der Waals surface area contributed by atoms with Crippen LogP contribution in [0.15, 0.2) is 0 Å². The molecule has 0 saturated carbocycles. The zero-order valence-electron chi connectivity index (χ0n) is 13.8. The van der Waals surface area contributed by atoms with E-state index in [-0.39, 0.29) is 0 Å². The summed E-state index contributed by atoms with van der Waals surface area (Å²) >= 11 is 1.86. The van der Waals surface area contributed by atoms with E-state index in [0.717, 1.165) is 39.0 Å². The number of nitrogens with one attached hydrogen (secondary N) is 1. The quantitative estimate of drug-likeness (QED) is 0.747. The van der Waals surface area contributed by atoms with Gasteiger partial charge in [0.25, 0.3) is 0 Å². The Labute approximate surface area is 132 Å². The van der Waals surface area contributed by atoms with E-state index in [1.54, 1.807) is 7.11 Å². The molecule has 0 spiro atoms. The molecule has 2 atom stereocenters. The van der Waals surface area contributed by atoms with Crippen LogP contribution in [0.4, 0.5) is 5.13 Å². The SMILES string of the molecule is CCCNCc1sc(N2CCC(OC)C2)nc1C(C)CC. The fraction of sp³-hybridized carbons (Fsp3) is 0.812. The minimum atomic E-state index is 0.364. The van der Waals surface area contributed by atoms with E-state index in [2.05, 4.69) is 31.0 Å². The van der Waals surface area contributed by atoms with Crippen LogP contribution in [0.3, 0.4) is 0 Å². The molecule has 1 aliphatic rings. The second-order valence-electron chi connectivity index (χ2n) is 5.88. The van der Waals surface area contributed by atoms with Gasteiger partial charge in [0.2, 0.25) is 0 Å². The van der Waals surface area contributed by atoms with Gasteiger partial charge in [0.1, 0.15) is 0 Å². The zero-order valence-corrected chi connectivity index (χ0v) is 14.6. The van der Waals surface area contributed by atoms with Crippen molar-refractivity contribution < 1.29 is 4.74 Å². The van der Waals surface area contributed by atoms with E-state index < -0.39 is 0 Å². The Balaban J connectivity index is 2.11. The molecule has 2 rings (SSSR count). The Morgan fingerprint density at radius 2 is 2.29 bits per heavy atom. The predicted molar refractivity (Wildman–Crippen MR) is 90.4 cm³/mol. The Kier molecular flexibility index (Phi) is 6.45. The first-order chi connectivity index (χ1) is 10.2. The Morgan fingerprint density at radius 1 is 1.48 bits per heavy atom. The summed E-state index contributed by atoms with van der Waals surface area (Å²) in [5.41, 5.74) is 1.29. The van der Waals surface area contributed by atoms with E-state index in [4.69, 9.17) is 9.72 Å². The number of methoxy groups -OCH3 is 1. The number of anilines is 1. The molecule has 0 aromatic carbocycles. The van der Waals surface area contributed by atoms with Gasteiger partial charge in [0, 0.05) is 31.6 Å². The van der Waals surface area contributed by atoms with E-state index >= 15 is 0 Å². The van der Waals surface area contributed by atoms with Gasteiger partial charge in [-0.1, -0.05) is 20.8 Å². The summed E-state index contributed by atoms with van der Waals surface area (Å²) in [6, 6.07) is 0. The van der Waals surface area contributed by atoms with E-state index in [0.29, 0.717) is 12.0 Å². The topological polar surface area (TPSA) is 37.4 Å². The number of rotatable bonds is 8. The molecule has 21 heavy (non-hydrogen) atoms. The van der Waals surface area contributed by atoms with Gasteiger partial charge in [-0.3, -0.25) is 0 Å². The zero-order chi connectivity index (χ0) is 15.2. The summed E-state index contributed by atoms with van der Waals surface area (Å²) in [5.74, 6) is 0.536. The van der Waals surface area contributed by atoms with Crippen LogP contribution in [0, 0.1) is 0 Å². The summed E-state index contributed by atoms with van der Waals surface area (Å²) in [4.78, 5) is 8.75. The lowest BCUT2D eigenvalue weighted by Crippen LogP contribution is -2.22. The molecule has 2 unspecified atom stereocenters. The van der Waals surface area contributed by atoms with Gasteiger partial charge in [0.05, 0.1) is 11.8 Å². The van der Waals surface area contributed by atoms with Crippen LogP contribution in [-0.4, -0.2) is 37.8 Å². The molecule has 2 heterocycles. The summed E-state index contributed by atoms with van der Waals surface area (Å²) in [5, 5.41) is 4.70. The molecule has 1 N–H and O–H groups in total. The number of hydrogen-bond acceptors (Lipinski definition) is 5. The van der Waals surface area contributed by atoms with Gasteiger partial charge in [-0.15, -0.1) is 11.3 Å². The summed E-state index contributed by atoms with van der Waals surface area (Å²) in [7, 11) is 1.81. The monoisotopic (exact) mass is 311 g/mol. The van der Waals surface area contributed by atoms with Gasteiger partial charge in [0.15, 0.2) is 5.13 Å². The molecule has 0 aliphatic carbocycles. The fourth-order valence-corrected chi connectivity index (χ4v) is 3.85. The molecule has 1 aromatic rings. The lowest BCUT2D eigenvalue weighted by Gasteiger charge is -2.14. The summed E-state index contributed by atoms with van der Waals surface area (Å²) in [6.45, 7) is 10.8. The molecule has 1 aromatic heterocycles.